The van der Waals surface area contributed by atoms with Crippen molar-refractivity contribution in [2.45, 2.75) is 6.92 Å². The fraction of sp³-hybridized carbons (Fsp3) is 0.167. The van der Waals surface area contributed by atoms with Crippen molar-refractivity contribution in [1.29, 1.82) is 0 Å². The third-order valence-corrected chi connectivity index (χ3v) is 4.82. The Morgan fingerprint density at radius 3 is 2.06 bits per heavy atom. The molecule has 1 N–H and O–H groups in total. The van der Waals surface area contributed by atoms with Gasteiger partial charge in [-0.1, -0.05) is 30.3 Å². The standard InChI is InChI=1S/C24H24N4O5.ClH/c1-16(18-11-19(31-2)13-20(12-18)32-3)22(24(30)33-4)21(10-17-8-6-5-7-9-17)23(29)27-28-14-25-26-15-28;/h5-15H,1-4H3,(H,27,29);1H/b21-10+,22-16-;. The third-order valence-electron chi connectivity index (χ3n) is 4.82. The van der Waals surface area contributed by atoms with Gasteiger partial charge in [0.05, 0.1) is 32.5 Å². The van der Waals surface area contributed by atoms with Crippen molar-refractivity contribution in [2.24, 2.45) is 0 Å². The van der Waals surface area contributed by atoms with Crippen LogP contribution in [0.25, 0.3) is 11.6 Å². The van der Waals surface area contributed by atoms with Crippen LogP contribution in [0.15, 0.2) is 72.3 Å². The molecule has 1 aromatic heterocycles. The average Bonchev–Trinajstić information content (AvgIpc) is 3.36. The summed E-state index contributed by atoms with van der Waals surface area (Å²) in [5.74, 6) is -0.144. The lowest BCUT2D eigenvalue weighted by Crippen LogP contribution is -2.26. The van der Waals surface area contributed by atoms with Gasteiger partial charge in [0.2, 0.25) is 0 Å². The summed E-state index contributed by atoms with van der Waals surface area (Å²) in [4.78, 5) is 26.3. The molecule has 0 spiro atoms. The number of ether oxygens (including phenoxy) is 3. The highest BCUT2D eigenvalue weighted by molar-refractivity contribution is 6.18. The van der Waals surface area contributed by atoms with Crippen LogP contribution in [0.3, 0.4) is 0 Å². The average molecular weight is 485 g/mol. The fourth-order valence-corrected chi connectivity index (χ4v) is 3.14. The molecule has 0 aliphatic rings. The highest BCUT2D eigenvalue weighted by atomic mass is 35.5. The quantitative estimate of drug-likeness (QED) is 0.296. The van der Waals surface area contributed by atoms with Crippen molar-refractivity contribution in [2.75, 3.05) is 26.8 Å². The van der Waals surface area contributed by atoms with E-state index in [4.69, 9.17) is 14.2 Å². The van der Waals surface area contributed by atoms with Crippen molar-refractivity contribution in [3.8, 4) is 11.5 Å². The molecule has 178 valence electrons. The Morgan fingerprint density at radius 2 is 1.53 bits per heavy atom. The lowest BCUT2D eigenvalue weighted by Gasteiger charge is -2.16. The minimum atomic E-state index is -0.671. The maximum absolute atomic E-state index is 13.3. The van der Waals surface area contributed by atoms with Gasteiger partial charge in [0.25, 0.3) is 5.91 Å². The lowest BCUT2D eigenvalue weighted by atomic mass is 9.93. The highest BCUT2D eigenvalue weighted by Gasteiger charge is 2.25. The second kappa shape index (κ2) is 12.2. The SMILES string of the molecule is COC(=O)C(=C(/C)c1cc(OC)cc(OC)c1)/C(=C\c1ccccc1)C(=O)Nn1cnnc1.Cl. The van der Waals surface area contributed by atoms with Crippen LogP contribution in [0.5, 0.6) is 11.5 Å². The number of hydrogen-bond donors (Lipinski definition) is 1. The smallest absolute Gasteiger partial charge is 0.338 e. The van der Waals surface area contributed by atoms with Crippen molar-refractivity contribution in [1.82, 2.24) is 14.9 Å². The third kappa shape index (κ3) is 6.23. The van der Waals surface area contributed by atoms with Crippen LogP contribution in [0.1, 0.15) is 18.1 Å². The Hall–Kier alpha value is -4.11. The van der Waals surface area contributed by atoms with E-state index in [9.17, 15) is 9.59 Å². The molecule has 3 rings (SSSR count). The fourth-order valence-electron chi connectivity index (χ4n) is 3.14. The molecule has 34 heavy (non-hydrogen) atoms. The van der Waals surface area contributed by atoms with E-state index in [-0.39, 0.29) is 23.6 Å². The molecule has 1 amide bonds. The molecule has 2 aromatic carbocycles. The zero-order chi connectivity index (χ0) is 23.8. The Morgan fingerprint density at radius 1 is 0.941 bits per heavy atom. The predicted molar refractivity (Wildman–Crippen MR) is 130 cm³/mol. The van der Waals surface area contributed by atoms with Crippen LogP contribution in [-0.4, -0.2) is 48.1 Å². The van der Waals surface area contributed by atoms with Gasteiger partial charge in [-0.3, -0.25) is 10.2 Å². The second-order valence-electron chi connectivity index (χ2n) is 6.87. The van der Waals surface area contributed by atoms with Crippen LogP contribution in [-0.2, 0) is 14.3 Å². The zero-order valence-corrected chi connectivity index (χ0v) is 20.0. The molecule has 0 aliphatic carbocycles. The van der Waals surface area contributed by atoms with Gasteiger partial charge in [-0.2, -0.15) is 0 Å². The molecule has 3 aromatic rings. The van der Waals surface area contributed by atoms with Crippen LogP contribution >= 0.6 is 12.4 Å². The maximum atomic E-state index is 13.3. The van der Waals surface area contributed by atoms with Crippen molar-refractivity contribution in [3.05, 3.63) is 83.5 Å². The number of carbonyl (C=O) groups excluding carboxylic acids is 2. The van der Waals surface area contributed by atoms with E-state index in [0.717, 1.165) is 5.56 Å². The Balaban J connectivity index is 0.00000408. The summed E-state index contributed by atoms with van der Waals surface area (Å²) in [5.41, 5.74) is 4.68. The molecule has 10 heteroatoms. The van der Waals surface area contributed by atoms with Gasteiger partial charge in [-0.15, -0.1) is 22.6 Å². The topological polar surface area (TPSA) is 105 Å². The maximum Gasteiger partial charge on any atom is 0.338 e. The molecular formula is C24H25ClN4O5. The second-order valence-corrected chi connectivity index (χ2v) is 6.87. The number of benzene rings is 2. The number of rotatable bonds is 8. The first-order chi connectivity index (χ1) is 16.0. The van der Waals surface area contributed by atoms with E-state index in [1.807, 2.05) is 30.3 Å². The van der Waals surface area contributed by atoms with E-state index in [1.54, 1.807) is 31.2 Å². The summed E-state index contributed by atoms with van der Waals surface area (Å²) in [5, 5.41) is 7.37. The summed E-state index contributed by atoms with van der Waals surface area (Å²) in [6, 6.07) is 14.4. The zero-order valence-electron chi connectivity index (χ0n) is 19.1. The normalized spacial score (nSPS) is 11.6. The molecule has 0 unspecified atom stereocenters. The molecule has 1 heterocycles. The van der Waals surface area contributed by atoms with Gasteiger partial charge in [0.15, 0.2) is 0 Å². The number of amides is 1. The molecular weight excluding hydrogens is 460 g/mol. The van der Waals surface area contributed by atoms with Crippen LogP contribution in [0.2, 0.25) is 0 Å². The number of esters is 1. The molecule has 0 saturated carbocycles. The number of allylic oxidation sites excluding steroid dienone is 1. The van der Waals surface area contributed by atoms with Gasteiger partial charge >= 0.3 is 5.97 Å². The minimum Gasteiger partial charge on any atom is -0.497 e. The van der Waals surface area contributed by atoms with E-state index in [1.165, 1.54) is 38.7 Å². The number of nitrogens with zero attached hydrogens (tertiary/aromatic N) is 3. The number of hydrogen-bond acceptors (Lipinski definition) is 7. The van der Waals surface area contributed by atoms with Gasteiger partial charge < -0.3 is 14.2 Å². The lowest BCUT2D eigenvalue weighted by molar-refractivity contribution is -0.136. The van der Waals surface area contributed by atoms with Crippen molar-refractivity contribution < 1.29 is 23.8 Å². The number of carbonyl (C=O) groups is 2. The molecule has 0 saturated heterocycles. The van der Waals surface area contributed by atoms with E-state index in [0.29, 0.717) is 22.6 Å². The monoisotopic (exact) mass is 484 g/mol. The molecule has 0 aliphatic heterocycles. The van der Waals surface area contributed by atoms with Gasteiger partial charge in [-0.05, 0) is 41.8 Å². The van der Waals surface area contributed by atoms with E-state index < -0.39 is 11.9 Å². The van der Waals surface area contributed by atoms with Crippen molar-refractivity contribution in [3.63, 3.8) is 0 Å². The number of aromatic nitrogens is 3. The first-order valence-electron chi connectivity index (χ1n) is 9.92. The molecule has 0 bridgehead atoms. The largest absolute Gasteiger partial charge is 0.497 e. The molecule has 9 nitrogen and oxygen atoms in total. The molecule has 0 radical (unpaired) electrons. The first-order valence-corrected chi connectivity index (χ1v) is 9.92. The Bertz CT molecular complexity index is 1170. The van der Waals surface area contributed by atoms with Crippen LogP contribution in [0.4, 0.5) is 0 Å². The summed E-state index contributed by atoms with van der Waals surface area (Å²) in [7, 11) is 4.33. The number of halogens is 1. The number of methoxy groups -OCH3 is 3. The molecule has 0 fully saturated rings. The van der Waals surface area contributed by atoms with Gasteiger partial charge in [0, 0.05) is 6.07 Å². The highest BCUT2D eigenvalue weighted by Crippen LogP contribution is 2.32. The first kappa shape index (κ1) is 26.1. The minimum absolute atomic E-state index is 0. The summed E-state index contributed by atoms with van der Waals surface area (Å²) in [6.45, 7) is 1.73. The summed E-state index contributed by atoms with van der Waals surface area (Å²) in [6.07, 6.45) is 4.28. The number of nitrogens with one attached hydrogen (secondary N) is 1. The van der Waals surface area contributed by atoms with Crippen molar-refractivity contribution >= 4 is 35.9 Å². The Kier molecular flexibility index (Phi) is 9.39. The summed E-state index contributed by atoms with van der Waals surface area (Å²) < 4.78 is 17.1. The summed E-state index contributed by atoms with van der Waals surface area (Å²) >= 11 is 0. The Labute approximate surface area is 203 Å². The van der Waals surface area contributed by atoms with E-state index in [2.05, 4.69) is 15.6 Å². The van der Waals surface area contributed by atoms with Gasteiger partial charge in [0.1, 0.15) is 24.2 Å². The van der Waals surface area contributed by atoms with Crippen LogP contribution in [0, 0.1) is 0 Å². The predicted octanol–water partition coefficient (Wildman–Crippen LogP) is 3.52. The van der Waals surface area contributed by atoms with Gasteiger partial charge in [-0.25, -0.2) is 9.47 Å². The molecule has 0 atom stereocenters. The van der Waals surface area contributed by atoms with Crippen LogP contribution < -0.4 is 14.9 Å². The van der Waals surface area contributed by atoms with E-state index >= 15 is 0 Å².